The normalized spacial score (nSPS) is 11.4. The minimum Gasteiger partial charge on any atom is -0.383 e. The summed E-state index contributed by atoms with van der Waals surface area (Å²) in [5.74, 6) is 2.13. The second-order valence-corrected chi connectivity index (χ2v) is 4.69. The highest BCUT2D eigenvalue weighted by atomic mass is 15.3. The van der Waals surface area contributed by atoms with E-state index in [2.05, 4.69) is 42.3 Å². The van der Waals surface area contributed by atoms with Crippen LogP contribution in [0.15, 0.2) is 12.4 Å². The lowest BCUT2D eigenvalue weighted by molar-refractivity contribution is 0.658. The van der Waals surface area contributed by atoms with Crippen LogP contribution in [0.4, 0.5) is 5.82 Å². The third-order valence-corrected chi connectivity index (χ3v) is 3.10. The lowest BCUT2D eigenvalue weighted by Crippen LogP contribution is -2.06. The Morgan fingerprint density at radius 1 is 1.28 bits per heavy atom. The summed E-state index contributed by atoms with van der Waals surface area (Å²) in [6.45, 7) is 10.1. The Balaban J connectivity index is 2.51. The molecule has 2 heterocycles. The zero-order valence-corrected chi connectivity index (χ0v) is 11.5. The molecule has 0 aliphatic rings. The smallest absolute Gasteiger partial charge is 0.131 e. The number of nitrogens with two attached hydrogens (primary N) is 1. The molecule has 0 unspecified atom stereocenters. The lowest BCUT2D eigenvalue weighted by atomic mass is 10.2. The van der Waals surface area contributed by atoms with Crippen LogP contribution in [0.5, 0.6) is 0 Å². The van der Waals surface area contributed by atoms with Gasteiger partial charge in [0, 0.05) is 30.8 Å². The van der Waals surface area contributed by atoms with Gasteiger partial charge in [-0.05, 0) is 13.8 Å². The zero-order valence-electron chi connectivity index (χ0n) is 11.5. The van der Waals surface area contributed by atoms with Crippen LogP contribution in [0.25, 0.3) is 11.3 Å². The van der Waals surface area contributed by atoms with Gasteiger partial charge in [0.15, 0.2) is 0 Å². The highest BCUT2D eigenvalue weighted by molar-refractivity contribution is 5.70. The molecule has 2 aromatic rings. The number of aryl methyl sites for hydroxylation is 1. The van der Waals surface area contributed by atoms with Gasteiger partial charge in [-0.2, -0.15) is 5.10 Å². The molecule has 0 atom stereocenters. The van der Waals surface area contributed by atoms with E-state index in [4.69, 9.17) is 5.73 Å². The summed E-state index contributed by atoms with van der Waals surface area (Å²) in [6.07, 6.45) is 3.81. The summed E-state index contributed by atoms with van der Waals surface area (Å²) < 4.78 is 3.96. The van der Waals surface area contributed by atoms with E-state index in [0.717, 1.165) is 36.0 Å². The topological polar surface area (TPSA) is 61.7 Å². The molecule has 2 N–H and O–H groups in total. The fraction of sp³-hybridized carbons (Fsp3) is 0.538. The molecule has 5 heteroatoms. The molecule has 0 radical (unpaired) electrons. The van der Waals surface area contributed by atoms with E-state index >= 15 is 0 Å². The van der Waals surface area contributed by atoms with Crippen molar-refractivity contribution in [2.75, 3.05) is 5.73 Å². The molecule has 0 saturated heterocycles. The van der Waals surface area contributed by atoms with Crippen LogP contribution < -0.4 is 5.73 Å². The van der Waals surface area contributed by atoms with E-state index in [1.165, 1.54) is 0 Å². The molecule has 0 aliphatic carbocycles. The number of aromatic nitrogens is 4. The molecule has 98 valence electrons. The summed E-state index contributed by atoms with van der Waals surface area (Å²) >= 11 is 0. The van der Waals surface area contributed by atoms with Gasteiger partial charge in [0.05, 0.1) is 6.20 Å². The molecule has 5 nitrogen and oxygen atoms in total. The molecule has 0 aromatic carbocycles. The van der Waals surface area contributed by atoms with Crippen LogP contribution in [0.3, 0.4) is 0 Å². The average Bonchev–Trinajstić information content (AvgIpc) is 2.92. The molecule has 0 saturated carbocycles. The van der Waals surface area contributed by atoms with Crippen molar-refractivity contribution < 1.29 is 0 Å². The minimum absolute atomic E-state index is 0.363. The Labute approximate surface area is 108 Å². The fourth-order valence-corrected chi connectivity index (χ4v) is 2.13. The molecule has 18 heavy (non-hydrogen) atoms. The number of anilines is 1. The van der Waals surface area contributed by atoms with Crippen molar-refractivity contribution in [1.82, 2.24) is 19.3 Å². The van der Waals surface area contributed by atoms with Gasteiger partial charge in [0.25, 0.3) is 0 Å². The van der Waals surface area contributed by atoms with Crippen molar-refractivity contribution >= 4 is 5.82 Å². The first-order valence-corrected chi connectivity index (χ1v) is 6.47. The third-order valence-electron chi connectivity index (χ3n) is 3.10. The fourth-order valence-electron chi connectivity index (χ4n) is 2.13. The second-order valence-electron chi connectivity index (χ2n) is 4.69. The lowest BCUT2D eigenvalue weighted by Gasteiger charge is -2.08. The number of rotatable bonds is 4. The Morgan fingerprint density at radius 2 is 2.00 bits per heavy atom. The van der Waals surface area contributed by atoms with Gasteiger partial charge in [0.1, 0.15) is 17.3 Å². The summed E-state index contributed by atoms with van der Waals surface area (Å²) in [5, 5.41) is 4.27. The molecule has 0 aliphatic heterocycles. The Morgan fingerprint density at radius 3 is 2.44 bits per heavy atom. The van der Waals surface area contributed by atoms with Crippen LogP contribution in [0, 0.1) is 0 Å². The number of hydrogen-bond acceptors (Lipinski definition) is 3. The second kappa shape index (κ2) is 4.84. The van der Waals surface area contributed by atoms with E-state index < -0.39 is 0 Å². The van der Waals surface area contributed by atoms with Crippen LogP contribution in [0.2, 0.25) is 0 Å². The number of nitrogens with zero attached hydrogens (tertiary/aromatic N) is 4. The van der Waals surface area contributed by atoms with Crippen molar-refractivity contribution in [2.45, 2.75) is 46.7 Å². The predicted octanol–water partition coefficient (Wildman–Crippen LogP) is 2.49. The van der Waals surface area contributed by atoms with Crippen molar-refractivity contribution in [3.63, 3.8) is 0 Å². The van der Waals surface area contributed by atoms with Gasteiger partial charge in [-0.15, -0.1) is 0 Å². The zero-order chi connectivity index (χ0) is 13.3. The molecular formula is C13H21N5. The third kappa shape index (κ3) is 2.00. The molecular weight excluding hydrogens is 226 g/mol. The van der Waals surface area contributed by atoms with Gasteiger partial charge in [-0.1, -0.05) is 13.8 Å². The van der Waals surface area contributed by atoms with Gasteiger partial charge in [-0.3, -0.25) is 4.68 Å². The Bertz CT molecular complexity index is 536. The van der Waals surface area contributed by atoms with Crippen LogP contribution >= 0.6 is 0 Å². The van der Waals surface area contributed by atoms with Gasteiger partial charge in [0.2, 0.25) is 0 Å². The Hall–Kier alpha value is -1.78. The van der Waals surface area contributed by atoms with E-state index in [-0.39, 0.29) is 0 Å². The first-order chi connectivity index (χ1) is 8.58. The van der Waals surface area contributed by atoms with E-state index in [9.17, 15) is 0 Å². The summed E-state index contributed by atoms with van der Waals surface area (Å²) in [6, 6.07) is 0. The van der Waals surface area contributed by atoms with Crippen molar-refractivity contribution in [3.8, 4) is 11.3 Å². The summed E-state index contributed by atoms with van der Waals surface area (Å²) in [5.41, 5.74) is 8.04. The first-order valence-electron chi connectivity index (χ1n) is 6.47. The predicted molar refractivity (Wildman–Crippen MR) is 73.3 cm³/mol. The standard InChI is InChI=1S/C13H21N5/c1-5-17-8-10(7-15-17)11-12(14)18(6-2)13(16-11)9(3)4/h7-9H,5-6,14H2,1-4H3. The summed E-state index contributed by atoms with van der Waals surface area (Å²) in [4.78, 5) is 4.68. The van der Waals surface area contributed by atoms with Crippen molar-refractivity contribution in [1.29, 1.82) is 0 Å². The molecule has 0 fully saturated rings. The van der Waals surface area contributed by atoms with E-state index in [1.807, 2.05) is 17.1 Å². The maximum atomic E-state index is 6.20. The molecule has 0 spiro atoms. The van der Waals surface area contributed by atoms with Gasteiger partial charge >= 0.3 is 0 Å². The van der Waals surface area contributed by atoms with Crippen LogP contribution in [-0.4, -0.2) is 19.3 Å². The highest BCUT2D eigenvalue weighted by Gasteiger charge is 2.18. The quantitative estimate of drug-likeness (QED) is 0.903. The SMILES string of the molecule is CCn1cc(-c2nc(C(C)C)n(CC)c2N)cn1. The van der Waals surface area contributed by atoms with Gasteiger partial charge < -0.3 is 10.3 Å². The maximum absolute atomic E-state index is 6.20. The Kier molecular flexibility index (Phi) is 3.41. The number of imidazole rings is 1. The van der Waals surface area contributed by atoms with Crippen LogP contribution in [-0.2, 0) is 13.1 Å². The average molecular weight is 247 g/mol. The first kappa shape index (κ1) is 12.7. The maximum Gasteiger partial charge on any atom is 0.131 e. The van der Waals surface area contributed by atoms with E-state index in [1.54, 1.807) is 0 Å². The molecule has 2 rings (SSSR count). The highest BCUT2D eigenvalue weighted by Crippen LogP contribution is 2.28. The summed E-state index contributed by atoms with van der Waals surface area (Å²) in [7, 11) is 0. The monoisotopic (exact) mass is 247 g/mol. The molecule has 0 bridgehead atoms. The number of hydrogen-bond donors (Lipinski definition) is 1. The van der Waals surface area contributed by atoms with E-state index in [0.29, 0.717) is 5.92 Å². The van der Waals surface area contributed by atoms with Crippen LogP contribution in [0.1, 0.15) is 39.4 Å². The molecule has 0 amide bonds. The molecule has 2 aromatic heterocycles. The largest absolute Gasteiger partial charge is 0.383 e. The minimum atomic E-state index is 0.363. The van der Waals surface area contributed by atoms with Gasteiger partial charge in [-0.25, -0.2) is 4.98 Å². The van der Waals surface area contributed by atoms with Crippen molar-refractivity contribution in [3.05, 3.63) is 18.2 Å². The number of nitrogen functional groups attached to an aromatic ring is 1. The van der Waals surface area contributed by atoms with Crippen molar-refractivity contribution in [2.24, 2.45) is 0 Å².